The first kappa shape index (κ1) is 14.3. The van der Waals surface area contributed by atoms with E-state index in [1.807, 2.05) is 20.8 Å². The largest absolute Gasteiger partial charge is 0.481 e. The van der Waals surface area contributed by atoms with Gasteiger partial charge in [0.15, 0.2) is 0 Å². The summed E-state index contributed by atoms with van der Waals surface area (Å²) in [4.78, 5) is 10.2. The van der Waals surface area contributed by atoms with Gasteiger partial charge >= 0.3 is 5.97 Å². The lowest BCUT2D eigenvalue weighted by Crippen LogP contribution is -2.29. The van der Waals surface area contributed by atoms with Gasteiger partial charge in [0.2, 0.25) is 0 Å². The van der Waals surface area contributed by atoms with Crippen molar-refractivity contribution in [2.45, 2.75) is 51.4 Å². The molecular weight excluding hydrogens is 200 g/mol. The summed E-state index contributed by atoms with van der Waals surface area (Å²) in [5, 5.41) is 27.0. The predicted octanol–water partition coefficient (Wildman–Crippen LogP) is 0.388. The van der Waals surface area contributed by atoms with Gasteiger partial charge in [0, 0.05) is 6.42 Å². The molecule has 0 aromatic carbocycles. The van der Waals surface area contributed by atoms with Crippen LogP contribution in [0.2, 0.25) is 0 Å². The molecule has 15 heavy (non-hydrogen) atoms. The van der Waals surface area contributed by atoms with Gasteiger partial charge in [0.25, 0.3) is 0 Å². The van der Waals surface area contributed by atoms with Crippen molar-refractivity contribution in [1.29, 1.82) is 0 Å². The summed E-state index contributed by atoms with van der Waals surface area (Å²) < 4.78 is 5.29. The van der Waals surface area contributed by atoms with Crippen LogP contribution >= 0.6 is 0 Å². The molecule has 0 amide bonds. The second-order valence-electron chi connectivity index (χ2n) is 4.56. The minimum absolute atomic E-state index is 0.0163. The Balaban J connectivity index is 3.73. The lowest BCUT2D eigenvalue weighted by atomic mass is 10.1. The van der Waals surface area contributed by atoms with Gasteiger partial charge in [-0.25, -0.2) is 0 Å². The summed E-state index contributed by atoms with van der Waals surface area (Å²) in [6.45, 7) is 5.66. The number of aliphatic carboxylic acids is 1. The van der Waals surface area contributed by atoms with Crippen LogP contribution in [0, 0.1) is 0 Å². The predicted molar refractivity (Wildman–Crippen MR) is 54.6 cm³/mol. The minimum atomic E-state index is -1.08. The maximum atomic E-state index is 10.2. The van der Waals surface area contributed by atoms with Crippen LogP contribution in [-0.4, -0.2) is 45.7 Å². The highest BCUT2D eigenvalue weighted by atomic mass is 16.5. The molecule has 0 aromatic rings. The maximum absolute atomic E-state index is 10.2. The Kier molecular flexibility index (Phi) is 5.79. The highest BCUT2D eigenvalue weighted by molar-refractivity contribution is 5.67. The number of carbonyl (C=O) groups is 1. The third-order valence-electron chi connectivity index (χ3n) is 1.66. The van der Waals surface area contributed by atoms with E-state index in [0.717, 1.165) is 0 Å². The lowest BCUT2D eigenvalue weighted by Gasteiger charge is -2.22. The topological polar surface area (TPSA) is 87.0 Å². The maximum Gasteiger partial charge on any atom is 0.305 e. The number of carboxylic acids is 1. The molecule has 2 atom stereocenters. The number of hydrogen-bond donors (Lipinski definition) is 3. The van der Waals surface area contributed by atoms with Crippen LogP contribution in [0.1, 0.15) is 33.6 Å². The molecule has 0 aliphatic heterocycles. The zero-order valence-corrected chi connectivity index (χ0v) is 9.43. The van der Waals surface area contributed by atoms with E-state index in [1.54, 1.807) is 0 Å². The molecule has 0 aliphatic carbocycles. The molecule has 0 fully saturated rings. The summed E-state index contributed by atoms with van der Waals surface area (Å²) in [5.74, 6) is -1.08. The van der Waals surface area contributed by atoms with E-state index in [1.165, 1.54) is 0 Å². The Morgan fingerprint density at radius 2 is 1.80 bits per heavy atom. The normalized spacial score (nSPS) is 16.1. The van der Waals surface area contributed by atoms with Gasteiger partial charge in [-0.15, -0.1) is 0 Å². The average Bonchev–Trinajstić information content (AvgIpc) is 1.97. The summed E-state index contributed by atoms with van der Waals surface area (Å²) in [7, 11) is 0. The molecule has 0 spiro atoms. The van der Waals surface area contributed by atoms with E-state index in [2.05, 4.69) is 0 Å². The third kappa shape index (κ3) is 9.65. The summed E-state index contributed by atoms with van der Waals surface area (Å²) in [5.41, 5.74) is -0.348. The summed E-state index contributed by atoms with van der Waals surface area (Å²) >= 11 is 0. The molecule has 0 saturated carbocycles. The highest BCUT2D eigenvalue weighted by Gasteiger charge is 2.18. The lowest BCUT2D eigenvalue weighted by molar-refractivity contribution is -0.139. The molecule has 0 aromatic heterocycles. The third-order valence-corrected chi connectivity index (χ3v) is 1.66. The Morgan fingerprint density at radius 3 is 2.20 bits per heavy atom. The van der Waals surface area contributed by atoms with Gasteiger partial charge < -0.3 is 20.1 Å². The van der Waals surface area contributed by atoms with Crippen molar-refractivity contribution in [3.8, 4) is 0 Å². The van der Waals surface area contributed by atoms with Gasteiger partial charge in [0.05, 0.1) is 30.8 Å². The Bertz CT molecular complexity index is 196. The molecule has 0 aliphatic rings. The van der Waals surface area contributed by atoms with Crippen LogP contribution < -0.4 is 0 Å². The zero-order valence-electron chi connectivity index (χ0n) is 9.43. The van der Waals surface area contributed by atoms with Crippen molar-refractivity contribution in [2.75, 3.05) is 6.61 Å². The SMILES string of the molecule is CC(C)(C)OC[C@@H](O)C[C@@H](O)CC(=O)O. The van der Waals surface area contributed by atoms with Gasteiger partial charge in [-0.2, -0.15) is 0 Å². The monoisotopic (exact) mass is 220 g/mol. The smallest absolute Gasteiger partial charge is 0.305 e. The van der Waals surface area contributed by atoms with Gasteiger partial charge in [-0.1, -0.05) is 0 Å². The Morgan fingerprint density at radius 1 is 1.27 bits per heavy atom. The molecule has 3 N–H and O–H groups in total. The van der Waals surface area contributed by atoms with E-state index in [9.17, 15) is 15.0 Å². The molecule has 0 bridgehead atoms. The van der Waals surface area contributed by atoms with E-state index >= 15 is 0 Å². The molecule has 0 heterocycles. The fourth-order valence-electron chi connectivity index (χ4n) is 1.01. The van der Waals surface area contributed by atoms with Crippen molar-refractivity contribution in [1.82, 2.24) is 0 Å². The van der Waals surface area contributed by atoms with Gasteiger partial charge in [-0.05, 0) is 20.8 Å². The number of ether oxygens (including phenoxy) is 1. The second kappa shape index (κ2) is 6.05. The zero-order chi connectivity index (χ0) is 12.1. The Hall–Kier alpha value is -0.650. The van der Waals surface area contributed by atoms with Crippen LogP contribution in [-0.2, 0) is 9.53 Å². The summed E-state index contributed by atoms with van der Waals surface area (Å²) in [6.07, 6.45) is -2.20. The van der Waals surface area contributed by atoms with E-state index in [-0.39, 0.29) is 25.0 Å². The van der Waals surface area contributed by atoms with Crippen molar-refractivity contribution < 1.29 is 24.9 Å². The van der Waals surface area contributed by atoms with E-state index in [4.69, 9.17) is 9.84 Å². The van der Waals surface area contributed by atoms with Crippen LogP contribution in [0.15, 0.2) is 0 Å². The fraction of sp³-hybridized carbons (Fsp3) is 0.900. The summed E-state index contributed by atoms with van der Waals surface area (Å²) in [6, 6.07) is 0. The van der Waals surface area contributed by atoms with E-state index < -0.39 is 18.2 Å². The molecule has 0 unspecified atom stereocenters. The second-order valence-corrected chi connectivity index (χ2v) is 4.56. The first-order chi connectivity index (χ1) is 6.70. The first-order valence-corrected chi connectivity index (χ1v) is 4.92. The fourth-order valence-corrected chi connectivity index (χ4v) is 1.01. The molecule has 90 valence electrons. The minimum Gasteiger partial charge on any atom is -0.481 e. The number of hydrogen-bond acceptors (Lipinski definition) is 4. The van der Waals surface area contributed by atoms with E-state index in [0.29, 0.717) is 0 Å². The van der Waals surface area contributed by atoms with Crippen LogP contribution in [0.4, 0.5) is 0 Å². The van der Waals surface area contributed by atoms with Gasteiger partial charge in [0.1, 0.15) is 0 Å². The van der Waals surface area contributed by atoms with Crippen LogP contribution in [0.5, 0.6) is 0 Å². The number of rotatable bonds is 6. The molecule has 0 rings (SSSR count). The van der Waals surface area contributed by atoms with Gasteiger partial charge in [-0.3, -0.25) is 4.79 Å². The quantitative estimate of drug-likeness (QED) is 0.602. The average molecular weight is 220 g/mol. The number of carboxylic acid groups (broad SMARTS) is 1. The molecule has 0 saturated heterocycles. The van der Waals surface area contributed by atoms with Crippen molar-refractivity contribution in [3.63, 3.8) is 0 Å². The number of aliphatic hydroxyl groups excluding tert-OH is 2. The van der Waals surface area contributed by atoms with Crippen LogP contribution in [0.3, 0.4) is 0 Å². The molecule has 5 nitrogen and oxygen atoms in total. The highest BCUT2D eigenvalue weighted by Crippen LogP contribution is 2.10. The van der Waals surface area contributed by atoms with Crippen molar-refractivity contribution >= 4 is 5.97 Å². The Labute approximate surface area is 89.7 Å². The first-order valence-electron chi connectivity index (χ1n) is 4.92. The van der Waals surface area contributed by atoms with Crippen LogP contribution in [0.25, 0.3) is 0 Å². The standard InChI is InChI=1S/C10H20O5/c1-10(2,3)15-6-8(12)4-7(11)5-9(13)14/h7-8,11-12H,4-6H2,1-3H3,(H,13,14)/t7-,8+/m1/s1. The van der Waals surface area contributed by atoms with Crippen molar-refractivity contribution in [2.24, 2.45) is 0 Å². The number of aliphatic hydroxyl groups is 2. The molecular formula is C10H20O5. The molecule has 5 heteroatoms. The molecule has 0 radical (unpaired) electrons. The van der Waals surface area contributed by atoms with Crippen molar-refractivity contribution in [3.05, 3.63) is 0 Å².